The molecule has 0 aromatic carbocycles. The molecule has 17 heavy (non-hydrogen) atoms. The summed E-state index contributed by atoms with van der Waals surface area (Å²) in [6.45, 7) is 8.22. The van der Waals surface area contributed by atoms with Crippen molar-refractivity contribution in [1.29, 1.82) is 0 Å². The maximum atomic E-state index is 10.4. The van der Waals surface area contributed by atoms with Gasteiger partial charge in [-0.15, -0.1) is 0 Å². The zero-order valence-corrected chi connectivity index (χ0v) is 11.4. The second kappa shape index (κ2) is 8.80. The van der Waals surface area contributed by atoms with E-state index in [1.807, 2.05) is 6.92 Å². The first-order valence-corrected chi connectivity index (χ1v) is 6.11. The second-order valence-corrected chi connectivity index (χ2v) is 4.74. The monoisotopic (exact) mass is 236 g/mol. The number of rotatable bonds is 7. The Balaban J connectivity index is 3.92. The molecule has 2 nitrogen and oxygen atoms in total. The van der Waals surface area contributed by atoms with Crippen LogP contribution < -0.4 is 0 Å². The lowest BCUT2D eigenvalue weighted by atomic mass is 10.1. The maximum absolute atomic E-state index is 10.4. The van der Waals surface area contributed by atoms with E-state index in [1.54, 1.807) is 0 Å². The highest BCUT2D eigenvalue weighted by atomic mass is 16.4. The lowest BCUT2D eigenvalue weighted by Gasteiger charge is -2.00. The van der Waals surface area contributed by atoms with Crippen molar-refractivity contribution in [2.75, 3.05) is 0 Å². The Hall–Kier alpha value is -1.31. The predicted molar refractivity (Wildman–Crippen MR) is 73.0 cm³/mol. The molecule has 0 aliphatic rings. The minimum Gasteiger partial charge on any atom is -0.478 e. The smallest absolute Gasteiger partial charge is 0.328 e. The van der Waals surface area contributed by atoms with Crippen LogP contribution in [0.2, 0.25) is 0 Å². The molecule has 0 saturated carbocycles. The van der Waals surface area contributed by atoms with Gasteiger partial charge < -0.3 is 5.11 Å². The largest absolute Gasteiger partial charge is 0.478 e. The highest BCUT2D eigenvalue weighted by Crippen LogP contribution is 2.11. The number of hydrogen-bond donors (Lipinski definition) is 1. The van der Waals surface area contributed by atoms with Crippen molar-refractivity contribution >= 4 is 5.97 Å². The van der Waals surface area contributed by atoms with Crippen molar-refractivity contribution in [3.63, 3.8) is 0 Å². The van der Waals surface area contributed by atoms with E-state index in [2.05, 4.69) is 32.9 Å². The Morgan fingerprint density at radius 3 is 2.00 bits per heavy atom. The summed E-state index contributed by atoms with van der Waals surface area (Å²) in [5.41, 5.74) is 3.66. The third-order valence-corrected chi connectivity index (χ3v) is 2.49. The van der Waals surface area contributed by atoms with Gasteiger partial charge in [-0.3, -0.25) is 0 Å². The molecule has 0 aromatic heterocycles. The van der Waals surface area contributed by atoms with Crippen LogP contribution in [0.25, 0.3) is 0 Å². The summed E-state index contributed by atoms with van der Waals surface area (Å²) in [7, 11) is 0. The summed E-state index contributed by atoms with van der Waals surface area (Å²) < 4.78 is 0. The van der Waals surface area contributed by atoms with Gasteiger partial charge in [0, 0.05) is 6.08 Å². The fraction of sp³-hybridized carbons (Fsp3) is 0.533. The molecule has 0 rings (SSSR count). The molecule has 0 aromatic rings. The minimum atomic E-state index is -0.855. The highest BCUT2D eigenvalue weighted by Gasteiger charge is 1.94. The van der Waals surface area contributed by atoms with Crippen molar-refractivity contribution in [1.82, 2.24) is 0 Å². The third-order valence-electron chi connectivity index (χ3n) is 2.49. The first-order chi connectivity index (χ1) is 7.91. The van der Waals surface area contributed by atoms with Crippen LogP contribution >= 0.6 is 0 Å². The van der Waals surface area contributed by atoms with Gasteiger partial charge >= 0.3 is 5.97 Å². The van der Waals surface area contributed by atoms with Gasteiger partial charge in [-0.2, -0.15) is 0 Å². The first-order valence-electron chi connectivity index (χ1n) is 6.11. The fourth-order valence-corrected chi connectivity index (χ4v) is 1.52. The Morgan fingerprint density at radius 1 is 0.941 bits per heavy atom. The Kier molecular flexibility index (Phi) is 8.12. The summed E-state index contributed by atoms with van der Waals surface area (Å²) in [4.78, 5) is 10.4. The van der Waals surface area contributed by atoms with Crippen LogP contribution in [0.5, 0.6) is 0 Å². The fourth-order valence-electron chi connectivity index (χ4n) is 1.52. The number of carbonyl (C=O) groups is 1. The van der Waals surface area contributed by atoms with Crippen LogP contribution in [0, 0.1) is 0 Å². The topological polar surface area (TPSA) is 37.3 Å². The Morgan fingerprint density at radius 2 is 1.47 bits per heavy atom. The van der Waals surface area contributed by atoms with E-state index in [0.29, 0.717) is 0 Å². The van der Waals surface area contributed by atoms with Gasteiger partial charge in [-0.25, -0.2) is 4.79 Å². The number of carboxylic acid groups (broad SMARTS) is 1. The van der Waals surface area contributed by atoms with Crippen molar-refractivity contribution in [2.24, 2.45) is 0 Å². The number of allylic oxidation sites excluding steroid dienone is 5. The summed E-state index contributed by atoms with van der Waals surface area (Å²) >= 11 is 0. The molecule has 0 atom stereocenters. The zero-order valence-electron chi connectivity index (χ0n) is 11.4. The van der Waals surface area contributed by atoms with Gasteiger partial charge in [0.2, 0.25) is 0 Å². The molecule has 0 aliphatic heterocycles. The standard InChI is InChI=1S/C15H24O2/c1-12(2)7-5-8-13(3)9-6-10-14(4)11-15(16)17/h7,9,11H,5-6,8,10H2,1-4H3,(H,16,17)/b13-9+,14-11+. The number of aliphatic carboxylic acids is 1. The Labute approximate surface area is 105 Å². The molecule has 0 radical (unpaired) electrons. The molecule has 1 N–H and O–H groups in total. The van der Waals surface area contributed by atoms with Gasteiger partial charge in [-0.1, -0.05) is 28.9 Å². The third kappa shape index (κ3) is 11.0. The molecule has 0 amide bonds. The first kappa shape index (κ1) is 15.7. The number of hydrogen-bond acceptors (Lipinski definition) is 1. The van der Waals surface area contributed by atoms with Gasteiger partial charge in [0.1, 0.15) is 0 Å². The lowest BCUT2D eigenvalue weighted by Crippen LogP contribution is -1.89. The lowest BCUT2D eigenvalue weighted by molar-refractivity contribution is -0.131. The second-order valence-electron chi connectivity index (χ2n) is 4.74. The molecule has 0 saturated heterocycles. The molecule has 0 spiro atoms. The average Bonchev–Trinajstić information content (AvgIpc) is 2.15. The normalized spacial score (nSPS) is 12.5. The minimum absolute atomic E-state index is 0.826. The summed E-state index contributed by atoms with van der Waals surface area (Å²) in [5.74, 6) is -0.855. The molecule has 0 unspecified atom stereocenters. The molecule has 96 valence electrons. The van der Waals surface area contributed by atoms with Crippen molar-refractivity contribution in [3.8, 4) is 0 Å². The number of carboxylic acids is 1. The van der Waals surface area contributed by atoms with E-state index < -0.39 is 5.97 Å². The summed E-state index contributed by atoms with van der Waals surface area (Å²) in [5, 5.41) is 8.56. The molecular formula is C15H24O2. The van der Waals surface area contributed by atoms with Gasteiger partial charge in [-0.05, 0) is 53.4 Å². The van der Waals surface area contributed by atoms with E-state index in [9.17, 15) is 4.79 Å². The molecule has 2 heteroatoms. The van der Waals surface area contributed by atoms with Crippen LogP contribution in [-0.2, 0) is 4.79 Å². The predicted octanol–water partition coefficient (Wildman–Crippen LogP) is 4.49. The van der Waals surface area contributed by atoms with E-state index in [0.717, 1.165) is 31.3 Å². The van der Waals surface area contributed by atoms with Crippen molar-refractivity contribution in [2.45, 2.75) is 53.4 Å². The maximum Gasteiger partial charge on any atom is 0.328 e. The van der Waals surface area contributed by atoms with E-state index >= 15 is 0 Å². The van der Waals surface area contributed by atoms with Crippen molar-refractivity contribution in [3.05, 3.63) is 34.9 Å². The van der Waals surface area contributed by atoms with Gasteiger partial charge in [0.25, 0.3) is 0 Å². The molecule has 0 aliphatic carbocycles. The van der Waals surface area contributed by atoms with Crippen molar-refractivity contribution < 1.29 is 9.90 Å². The van der Waals surface area contributed by atoms with Crippen LogP contribution in [-0.4, -0.2) is 11.1 Å². The van der Waals surface area contributed by atoms with Crippen LogP contribution in [0.1, 0.15) is 53.4 Å². The SMILES string of the molecule is CC(C)=CCC/C(C)=C/CC/C(C)=C/C(=O)O. The van der Waals surface area contributed by atoms with E-state index in [1.165, 1.54) is 17.2 Å². The van der Waals surface area contributed by atoms with E-state index in [-0.39, 0.29) is 0 Å². The van der Waals surface area contributed by atoms with E-state index in [4.69, 9.17) is 5.11 Å². The average molecular weight is 236 g/mol. The zero-order chi connectivity index (χ0) is 13.3. The van der Waals surface area contributed by atoms with Crippen LogP contribution in [0.4, 0.5) is 0 Å². The summed E-state index contributed by atoms with van der Waals surface area (Å²) in [6.07, 6.45) is 9.67. The molecule has 0 bridgehead atoms. The highest BCUT2D eigenvalue weighted by molar-refractivity contribution is 5.80. The van der Waals surface area contributed by atoms with Crippen LogP contribution in [0.15, 0.2) is 34.9 Å². The molecule has 0 fully saturated rings. The quantitative estimate of drug-likeness (QED) is 0.522. The van der Waals surface area contributed by atoms with Gasteiger partial charge in [0.15, 0.2) is 0 Å². The molecular weight excluding hydrogens is 212 g/mol. The van der Waals surface area contributed by atoms with Crippen LogP contribution in [0.3, 0.4) is 0 Å². The Bertz CT molecular complexity index is 329. The summed E-state index contributed by atoms with van der Waals surface area (Å²) in [6, 6.07) is 0. The molecule has 0 heterocycles. The van der Waals surface area contributed by atoms with Gasteiger partial charge in [0.05, 0.1) is 0 Å².